The summed E-state index contributed by atoms with van der Waals surface area (Å²) in [5.74, 6) is -0.120. The number of rotatable bonds is 4. The molecule has 0 bridgehead atoms. The van der Waals surface area contributed by atoms with E-state index >= 15 is 0 Å². The summed E-state index contributed by atoms with van der Waals surface area (Å²) in [5.41, 5.74) is 1.35. The van der Waals surface area contributed by atoms with E-state index in [0.29, 0.717) is 11.3 Å². The van der Waals surface area contributed by atoms with Crippen LogP contribution in [0.5, 0.6) is 0 Å². The fraction of sp³-hybridized carbons (Fsp3) is 0.333. The lowest BCUT2D eigenvalue weighted by molar-refractivity contribution is 0.0940. The maximum absolute atomic E-state index is 12.1. The molecule has 1 fully saturated rings. The molecular weight excluding hydrogens is 381 g/mol. The molecule has 2 heterocycles. The normalized spacial score (nSPS) is 17.9. The molecule has 3 rings (SSSR count). The van der Waals surface area contributed by atoms with Gasteiger partial charge in [0.2, 0.25) is 0 Å². The Kier molecular flexibility index (Phi) is 4.54. The van der Waals surface area contributed by atoms with Crippen molar-refractivity contribution in [3.63, 3.8) is 0 Å². The van der Waals surface area contributed by atoms with Gasteiger partial charge in [0.25, 0.3) is 5.91 Å². The Labute approximate surface area is 136 Å². The van der Waals surface area contributed by atoms with Gasteiger partial charge in [0, 0.05) is 21.9 Å². The number of ether oxygens (including phenoxy) is 1. The monoisotopic (exact) mass is 397 g/mol. The first-order valence-corrected chi connectivity index (χ1v) is 7.99. The predicted molar refractivity (Wildman–Crippen MR) is 88.3 cm³/mol. The molecule has 6 heteroatoms. The van der Waals surface area contributed by atoms with Crippen LogP contribution in [0.4, 0.5) is 5.69 Å². The number of aromatic nitrogens is 2. The second kappa shape index (κ2) is 6.57. The Balaban J connectivity index is 1.62. The van der Waals surface area contributed by atoms with Crippen LogP contribution in [0.15, 0.2) is 36.7 Å². The number of carbonyl (C=O) groups excluding carboxylic acids is 1. The van der Waals surface area contributed by atoms with Gasteiger partial charge in [-0.3, -0.25) is 9.48 Å². The van der Waals surface area contributed by atoms with Crippen LogP contribution in [0.3, 0.4) is 0 Å². The number of nitrogens with one attached hydrogen (secondary N) is 1. The maximum Gasteiger partial charge on any atom is 0.255 e. The molecule has 1 atom stereocenters. The molecule has 5 nitrogen and oxygen atoms in total. The Morgan fingerprint density at radius 1 is 1.52 bits per heavy atom. The number of halogens is 1. The molecule has 110 valence electrons. The van der Waals surface area contributed by atoms with Crippen molar-refractivity contribution in [2.24, 2.45) is 0 Å². The van der Waals surface area contributed by atoms with Crippen molar-refractivity contribution in [1.82, 2.24) is 9.78 Å². The van der Waals surface area contributed by atoms with Gasteiger partial charge in [-0.2, -0.15) is 5.10 Å². The second-order valence-electron chi connectivity index (χ2n) is 5.05. The largest absolute Gasteiger partial charge is 0.376 e. The van der Waals surface area contributed by atoms with Crippen LogP contribution < -0.4 is 5.32 Å². The van der Waals surface area contributed by atoms with Gasteiger partial charge in [-0.15, -0.1) is 0 Å². The highest BCUT2D eigenvalue weighted by molar-refractivity contribution is 14.1. The molecule has 21 heavy (non-hydrogen) atoms. The predicted octanol–water partition coefficient (Wildman–Crippen LogP) is 2.92. The van der Waals surface area contributed by atoms with E-state index < -0.39 is 0 Å². The van der Waals surface area contributed by atoms with E-state index in [1.165, 1.54) is 0 Å². The number of amides is 1. The van der Waals surface area contributed by atoms with Gasteiger partial charge in [-0.05, 0) is 53.6 Å². The van der Waals surface area contributed by atoms with Gasteiger partial charge in [0.15, 0.2) is 0 Å². The molecule has 1 unspecified atom stereocenters. The third-order valence-corrected chi connectivity index (χ3v) is 4.06. The molecular formula is C15H16IN3O2. The minimum atomic E-state index is -0.120. The van der Waals surface area contributed by atoms with E-state index in [9.17, 15) is 4.79 Å². The van der Waals surface area contributed by atoms with E-state index in [1.54, 1.807) is 12.3 Å². The van der Waals surface area contributed by atoms with Gasteiger partial charge in [0.05, 0.1) is 24.5 Å². The van der Waals surface area contributed by atoms with Crippen LogP contribution in [-0.2, 0) is 11.3 Å². The molecule has 1 saturated heterocycles. The van der Waals surface area contributed by atoms with Crippen molar-refractivity contribution in [2.75, 3.05) is 11.9 Å². The fourth-order valence-corrected chi connectivity index (χ4v) is 2.90. The Morgan fingerprint density at radius 2 is 2.43 bits per heavy atom. The van der Waals surface area contributed by atoms with Crippen molar-refractivity contribution >= 4 is 34.2 Å². The molecule has 0 aliphatic carbocycles. The molecule has 1 N–H and O–H groups in total. The summed E-state index contributed by atoms with van der Waals surface area (Å²) >= 11 is 2.19. The summed E-state index contributed by atoms with van der Waals surface area (Å²) in [5, 5.41) is 7.13. The smallest absolute Gasteiger partial charge is 0.255 e. The summed E-state index contributed by atoms with van der Waals surface area (Å²) < 4.78 is 8.44. The van der Waals surface area contributed by atoms with Crippen LogP contribution in [0.2, 0.25) is 0 Å². The summed E-state index contributed by atoms with van der Waals surface area (Å²) in [7, 11) is 0. The van der Waals surface area contributed by atoms with Crippen molar-refractivity contribution in [3.8, 4) is 0 Å². The average Bonchev–Trinajstić information content (AvgIpc) is 3.11. The SMILES string of the molecule is O=C(Nc1cnn(CC2CCCO2)c1)c1cccc(I)c1. The average molecular weight is 397 g/mol. The van der Waals surface area contributed by atoms with Crippen molar-refractivity contribution in [3.05, 3.63) is 45.8 Å². The highest BCUT2D eigenvalue weighted by Gasteiger charge is 2.16. The lowest BCUT2D eigenvalue weighted by Crippen LogP contribution is -2.15. The van der Waals surface area contributed by atoms with Crippen molar-refractivity contribution in [2.45, 2.75) is 25.5 Å². The van der Waals surface area contributed by atoms with Gasteiger partial charge in [-0.25, -0.2) is 0 Å². The zero-order chi connectivity index (χ0) is 14.7. The number of carbonyl (C=O) groups is 1. The van der Waals surface area contributed by atoms with Gasteiger partial charge >= 0.3 is 0 Å². The molecule has 1 aromatic carbocycles. The van der Waals surface area contributed by atoms with E-state index in [4.69, 9.17) is 4.74 Å². The lowest BCUT2D eigenvalue weighted by atomic mass is 10.2. The standard InChI is InChI=1S/C15H16IN3O2/c16-12-4-1-3-11(7-12)15(20)18-13-8-17-19(9-13)10-14-5-2-6-21-14/h1,3-4,7-9,14H,2,5-6,10H2,(H,18,20). The van der Waals surface area contributed by atoms with Gasteiger partial charge in [-0.1, -0.05) is 6.07 Å². The van der Waals surface area contributed by atoms with Gasteiger partial charge < -0.3 is 10.1 Å². The van der Waals surface area contributed by atoms with E-state index in [-0.39, 0.29) is 12.0 Å². The Bertz CT molecular complexity index is 635. The first-order valence-electron chi connectivity index (χ1n) is 6.92. The first-order chi connectivity index (χ1) is 10.2. The molecule has 0 spiro atoms. The minimum absolute atomic E-state index is 0.120. The van der Waals surface area contributed by atoms with Gasteiger partial charge in [0.1, 0.15) is 0 Å². The van der Waals surface area contributed by atoms with Crippen molar-refractivity contribution < 1.29 is 9.53 Å². The van der Waals surface area contributed by atoms with E-state index in [1.807, 2.05) is 29.1 Å². The molecule has 1 aliphatic heterocycles. The summed E-state index contributed by atoms with van der Waals surface area (Å²) in [6.45, 7) is 1.57. The first kappa shape index (κ1) is 14.5. The number of hydrogen-bond donors (Lipinski definition) is 1. The Morgan fingerprint density at radius 3 is 3.19 bits per heavy atom. The van der Waals surface area contributed by atoms with Crippen LogP contribution in [0, 0.1) is 3.57 Å². The number of benzene rings is 1. The minimum Gasteiger partial charge on any atom is -0.376 e. The van der Waals surface area contributed by atoms with Crippen molar-refractivity contribution in [1.29, 1.82) is 0 Å². The van der Waals surface area contributed by atoms with Crippen LogP contribution >= 0.6 is 22.6 Å². The quantitative estimate of drug-likeness (QED) is 0.808. The topological polar surface area (TPSA) is 56.2 Å². The van der Waals surface area contributed by atoms with Crippen LogP contribution in [0.25, 0.3) is 0 Å². The molecule has 0 radical (unpaired) electrons. The molecule has 1 aromatic heterocycles. The number of nitrogens with zero attached hydrogens (tertiary/aromatic N) is 2. The summed E-state index contributed by atoms with van der Waals surface area (Å²) in [6.07, 6.45) is 5.93. The third kappa shape index (κ3) is 3.82. The maximum atomic E-state index is 12.1. The van der Waals surface area contributed by atoms with Crippen LogP contribution in [0.1, 0.15) is 23.2 Å². The second-order valence-corrected chi connectivity index (χ2v) is 6.30. The van der Waals surface area contributed by atoms with E-state index in [2.05, 4.69) is 33.0 Å². The molecule has 2 aromatic rings. The lowest BCUT2D eigenvalue weighted by Gasteiger charge is -2.08. The fourth-order valence-electron chi connectivity index (χ4n) is 2.36. The highest BCUT2D eigenvalue weighted by atomic mass is 127. The zero-order valence-corrected chi connectivity index (χ0v) is 13.6. The summed E-state index contributed by atoms with van der Waals surface area (Å²) in [6, 6.07) is 7.48. The van der Waals surface area contributed by atoms with E-state index in [0.717, 1.165) is 29.6 Å². The zero-order valence-electron chi connectivity index (χ0n) is 11.5. The molecule has 1 amide bonds. The molecule has 1 aliphatic rings. The highest BCUT2D eigenvalue weighted by Crippen LogP contribution is 2.15. The Hall–Kier alpha value is -1.41. The molecule has 0 saturated carbocycles. The third-order valence-electron chi connectivity index (χ3n) is 3.39. The summed E-state index contributed by atoms with van der Waals surface area (Å²) in [4.78, 5) is 12.1. The number of anilines is 1. The number of hydrogen-bond acceptors (Lipinski definition) is 3. The van der Waals surface area contributed by atoms with Crippen LogP contribution in [-0.4, -0.2) is 28.4 Å².